The molecule has 0 bridgehead atoms. The van der Waals surface area contributed by atoms with Gasteiger partial charge in [-0.3, -0.25) is 4.79 Å². The van der Waals surface area contributed by atoms with Crippen LogP contribution in [0.4, 0.5) is 10.2 Å². The quantitative estimate of drug-likeness (QED) is 0.558. The largest absolute Gasteiger partial charge is 0.355 e. The van der Waals surface area contributed by atoms with E-state index in [1.165, 1.54) is 12.1 Å². The van der Waals surface area contributed by atoms with Crippen molar-refractivity contribution < 1.29 is 9.18 Å². The van der Waals surface area contributed by atoms with Gasteiger partial charge in [-0.15, -0.1) is 0 Å². The van der Waals surface area contributed by atoms with Gasteiger partial charge in [-0.05, 0) is 54.8 Å². The van der Waals surface area contributed by atoms with Gasteiger partial charge in [-0.25, -0.2) is 9.37 Å². The molecule has 0 aliphatic carbocycles. The van der Waals surface area contributed by atoms with Crippen molar-refractivity contribution in [1.29, 1.82) is 0 Å². The lowest BCUT2D eigenvalue weighted by molar-refractivity contribution is -0.125. The van der Waals surface area contributed by atoms with Crippen molar-refractivity contribution in [2.45, 2.75) is 19.4 Å². The molecule has 1 aliphatic heterocycles. The molecule has 0 radical (unpaired) electrons. The summed E-state index contributed by atoms with van der Waals surface area (Å²) in [5.74, 6) is 0.697. The summed E-state index contributed by atoms with van der Waals surface area (Å²) < 4.78 is 15.5. The highest BCUT2D eigenvalue weighted by molar-refractivity contribution is 5.85. The number of amides is 1. The number of nitrogens with zero attached hydrogens (tertiary/aromatic N) is 3. The molecule has 152 valence electrons. The number of rotatable bonds is 4. The molecule has 1 N–H and O–H groups in total. The van der Waals surface area contributed by atoms with Crippen LogP contribution >= 0.6 is 0 Å². The average Bonchev–Trinajstić information content (AvgIpc) is 3.27. The molecule has 30 heavy (non-hydrogen) atoms. The zero-order valence-electron chi connectivity index (χ0n) is 16.6. The standard InChI is InChI=1S/C24H23FN4O/c25-19-6-3-5-17(15-19)16-26-24(30)18-10-13-28(14-11-18)23-22-9-4-12-29(22)21-8-2-1-7-20(21)27-23/h1-9,12,15,18H,10-11,13-14,16H2,(H,26,30). The zero-order valence-corrected chi connectivity index (χ0v) is 16.6. The van der Waals surface area contributed by atoms with Gasteiger partial charge in [-0.2, -0.15) is 0 Å². The van der Waals surface area contributed by atoms with E-state index in [1.807, 2.05) is 30.3 Å². The van der Waals surface area contributed by atoms with Crippen LogP contribution in [0.25, 0.3) is 16.6 Å². The zero-order chi connectivity index (χ0) is 20.5. The molecular formula is C24H23FN4O. The number of benzene rings is 2. The van der Waals surface area contributed by atoms with Crippen molar-refractivity contribution in [1.82, 2.24) is 14.7 Å². The minimum atomic E-state index is -0.283. The van der Waals surface area contributed by atoms with E-state index in [9.17, 15) is 9.18 Å². The molecule has 0 spiro atoms. The summed E-state index contributed by atoms with van der Waals surface area (Å²) in [6.07, 6.45) is 3.61. The maximum absolute atomic E-state index is 13.3. The molecule has 2 aromatic carbocycles. The number of nitrogens with one attached hydrogen (secondary N) is 1. The highest BCUT2D eigenvalue weighted by atomic mass is 19.1. The van der Waals surface area contributed by atoms with E-state index in [0.717, 1.165) is 53.9 Å². The van der Waals surface area contributed by atoms with E-state index >= 15 is 0 Å². The van der Waals surface area contributed by atoms with E-state index < -0.39 is 0 Å². The first-order valence-corrected chi connectivity index (χ1v) is 10.3. The molecule has 1 fully saturated rings. The van der Waals surface area contributed by atoms with E-state index in [0.29, 0.717) is 6.54 Å². The molecule has 0 atom stereocenters. The molecule has 0 saturated carbocycles. The number of halogens is 1. The van der Waals surface area contributed by atoms with Crippen LogP contribution in [0.2, 0.25) is 0 Å². The second-order valence-corrected chi connectivity index (χ2v) is 7.80. The van der Waals surface area contributed by atoms with Crippen molar-refractivity contribution in [3.05, 3.63) is 78.2 Å². The normalized spacial score (nSPS) is 15.0. The molecule has 4 aromatic rings. The molecule has 1 amide bonds. The maximum Gasteiger partial charge on any atom is 0.223 e. The number of hydrogen-bond acceptors (Lipinski definition) is 3. The molecule has 5 rings (SSSR count). The smallest absolute Gasteiger partial charge is 0.223 e. The van der Waals surface area contributed by atoms with Gasteiger partial charge in [0.05, 0.1) is 16.6 Å². The fourth-order valence-electron chi connectivity index (χ4n) is 4.27. The number of carbonyl (C=O) groups excluding carboxylic acids is 1. The van der Waals surface area contributed by atoms with E-state index in [1.54, 1.807) is 6.07 Å². The van der Waals surface area contributed by atoms with Crippen LogP contribution in [-0.2, 0) is 11.3 Å². The summed E-state index contributed by atoms with van der Waals surface area (Å²) in [4.78, 5) is 19.8. The summed E-state index contributed by atoms with van der Waals surface area (Å²) in [5, 5.41) is 2.96. The molecule has 1 aliphatic rings. The summed E-state index contributed by atoms with van der Waals surface area (Å²) in [6, 6.07) is 18.6. The van der Waals surface area contributed by atoms with E-state index in [2.05, 4.69) is 32.9 Å². The Morgan fingerprint density at radius 3 is 2.67 bits per heavy atom. The van der Waals surface area contributed by atoms with Gasteiger partial charge < -0.3 is 14.6 Å². The van der Waals surface area contributed by atoms with Crippen LogP contribution in [-0.4, -0.2) is 28.4 Å². The Hall–Kier alpha value is -3.41. The monoisotopic (exact) mass is 402 g/mol. The van der Waals surface area contributed by atoms with Gasteiger partial charge in [0.1, 0.15) is 5.82 Å². The predicted octanol–water partition coefficient (Wildman–Crippen LogP) is 4.16. The molecule has 6 heteroatoms. The van der Waals surface area contributed by atoms with Gasteiger partial charge in [0.25, 0.3) is 0 Å². The molecule has 3 heterocycles. The number of aromatic nitrogens is 2. The maximum atomic E-state index is 13.3. The van der Waals surface area contributed by atoms with E-state index in [4.69, 9.17) is 4.98 Å². The lowest BCUT2D eigenvalue weighted by Gasteiger charge is -2.32. The number of piperidine rings is 1. The van der Waals surface area contributed by atoms with E-state index in [-0.39, 0.29) is 17.6 Å². The highest BCUT2D eigenvalue weighted by Gasteiger charge is 2.26. The first-order chi connectivity index (χ1) is 14.7. The van der Waals surface area contributed by atoms with Crippen molar-refractivity contribution in [3.63, 3.8) is 0 Å². The second-order valence-electron chi connectivity index (χ2n) is 7.80. The van der Waals surface area contributed by atoms with Crippen LogP contribution in [0.1, 0.15) is 18.4 Å². The predicted molar refractivity (Wildman–Crippen MR) is 116 cm³/mol. The molecule has 5 nitrogen and oxygen atoms in total. The lowest BCUT2D eigenvalue weighted by atomic mass is 9.95. The second kappa shape index (κ2) is 7.78. The number of fused-ring (bicyclic) bond motifs is 3. The molecule has 1 saturated heterocycles. The summed E-state index contributed by atoms with van der Waals surface area (Å²) >= 11 is 0. The molecule has 0 unspecified atom stereocenters. The van der Waals surface area contributed by atoms with Gasteiger partial charge in [0.2, 0.25) is 5.91 Å². The summed E-state index contributed by atoms with van der Waals surface area (Å²) in [6.45, 7) is 1.92. The average molecular weight is 402 g/mol. The van der Waals surface area contributed by atoms with Crippen LogP contribution in [0.5, 0.6) is 0 Å². The Morgan fingerprint density at radius 2 is 1.83 bits per heavy atom. The minimum absolute atomic E-state index is 0.0296. The topological polar surface area (TPSA) is 49.6 Å². The lowest BCUT2D eigenvalue weighted by Crippen LogP contribution is -2.40. The highest BCUT2D eigenvalue weighted by Crippen LogP contribution is 2.29. The summed E-state index contributed by atoms with van der Waals surface area (Å²) in [5.41, 5.74) is 3.92. The Kier molecular flexibility index (Phi) is 4.83. The van der Waals surface area contributed by atoms with Crippen molar-refractivity contribution >= 4 is 28.3 Å². The van der Waals surface area contributed by atoms with Crippen LogP contribution in [0, 0.1) is 11.7 Å². The SMILES string of the molecule is O=C(NCc1cccc(F)c1)C1CCN(c2nc3ccccc3n3cccc23)CC1. The minimum Gasteiger partial charge on any atom is -0.355 e. The number of para-hydroxylation sites is 2. The Balaban J connectivity index is 1.28. The first kappa shape index (κ1) is 18.6. The number of carbonyl (C=O) groups is 1. The van der Waals surface area contributed by atoms with Gasteiger partial charge in [-0.1, -0.05) is 24.3 Å². The van der Waals surface area contributed by atoms with Crippen LogP contribution in [0.15, 0.2) is 66.9 Å². The fourth-order valence-corrected chi connectivity index (χ4v) is 4.27. The molecule has 2 aromatic heterocycles. The summed E-state index contributed by atoms with van der Waals surface area (Å²) in [7, 11) is 0. The fraction of sp³-hybridized carbons (Fsp3) is 0.250. The third kappa shape index (κ3) is 3.49. The number of anilines is 1. The molecular weight excluding hydrogens is 379 g/mol. The third-order valence-corrected chi connectivity index (χ3v) is 5.87. The van der Waals surface area contributed by atoms with Gasteiger partial charge >= 0.3 is 0 Å². The first-order valence-electron chi connectivity index (χ1n) is 10.3. The van der Waals surface area contributed by atoms with Crippen LogP contribution in [0.3, 0.4) is 0 Å². The third-order valence-electron chi connectivity index (χ3n) is 5.87. The van der Waals surface area contributed by atoms with Crippen molar-refractivity contribution in [2.24, 2.45) is 5.92 Å². The van der Waals surface area contributed by atoms with Gasteiger partial charge in [0.15, 0.2) is 5.82 Å². The Bertz CT molecular complexity index is 1210. The Labute approximate surface area is 174 Å². The van der Waals surface area contributed by atoms with Crippen molar-refractivity contribution in [3.8, 4) is 0 Å². The van der Waals surface area contributed by atoms with Gasteiger partial charge in [0, 0.05) is 31.7 Å². The Morgan fingerprint density at radius 1 is 1.03 bits per heavy atom. The van der Waals surface area contributed by atoms with Crippen LogP contribution < -0.4 is 10.2 Å². The number of hydrogen-bond donors (Lipinski definition) is 1. The van der Waals surface area contributed by atoms with Crippen molar-refractivity contribution in [2.75, 3.05) is 18.0 Å².